The predicted octanol–water partition coefficient (Wildman–Crippen LogP) is 8.49. The molecule has 196 valence electrons. The molecule has 0 amide bonds. The van der Waals surface area contributed by atoms with E-state index in [4.69, 9.17) is 9.47 Å². The van der Waals surface area contributed by atoms with Gasteiger partial charge in [0.15, 0.2) is 0 Å². The number of esters is 1. The number of benzene rings is 3. The van der Waals surface area contributed by atoms with E-state index in [0.29, 0.717) is 17.9 Å². The van der Waals surface area contributed by atoms with Crippen molar-refractivity contribution < 1.29 is 14.3 Å². The molecule has 0 fully saturated rings. The van der Waals surface area contributed by atoms with Gasteiger partial charge in [0.05, 0.1) is 28.3 Å². The van der Waals surface area contributed by atoms with E-state index in [-0.39, 0.29) is 5.97 Å². The molecule has 0 unspecified atom stereocenters. The summed E-state index contributed by atoms with van der Waals surface area (Å²) in [4.78, 5) is 12.6. The molecule has 0 spiro atoms. The third kappa shape index (κ3) is 9.17. The van der Waals surface area contributed by atoms with Crippen LogP contribution in [0.2, 0.25) is 38.8 Å². The smallest absolute Gasteiger partial charge is 0.343 e. The molecule has 0 aliphatic carbocycles. The number of unbranched alkanes of at least 4 members (excludes halogenated alkanes) is 3. The quantitative estimate of drug-likeness (QED) is 0.0962. The van der Waals surface area contributed by atoms with Crippen molar-refractivity contribution in [2.24, 2.45) is 0 Å². The van der Waals surface area contributed by atoms with Gasteiger partial charge in [0.25, 0.3) is 0 Å². The van der Waals surface area contributed by atoms with Crippen LogP contribution in [0, 0.1) is 0 Å². The van der Waals surface area contributed by atoms with Crippen LogP contribution in [0.1, 0.15) is 36.0 Å². The summed E-state index contributed by atoms with van der Waals surface area (Å²) in [6.07, 6.45) is 4.73. The van der Waals surface area contributed by atoms with Gasteiger partial charge in [0.1, 0.15) is 11.5 Å². The summed E-state index contributed by atoms with van der Waals surface area (Å²) < 4.78 is 11.4. The van der Waals surface area contributed by atoms with Crippen LogP contribution in [0.4, 0.5) is 0 Å². The van der Waals surface area contributed by atoms with E-state index in [9.17, 15) is 4.79 Å². The van der Waals surface area contributed by atoms with Crippen LogP contribution in [0.5, 0.6) is 11.5 Å². The summed E-state index contributed by atoms with van der Waals surface area (Å²) in [6, 6.07) is 25.0. The summed E-state index contributed by atoms with van der Waals surface area (Å²) in [5, 5.41) is 1.44. The maximum absolute atomic E-state index is 12.6. The highest BCUT2D eigenvalue weighted by Crippen LogP contribution is 2.23. The zero-order valence-electron chi connectivity index (χ0n) is 23.2. The SMILES string of the molecule is C=C[Si](C)(C)CCCCCCOc1ccc(C(=O)Oc2ccc(-c3ccc([Si](C)(C)C)cc3)cc2)cc1. The van der Waals surface area contributed by atoms with Gasteiger partial charge in [-0.05, 0) is 53.9 Å². The highest BCUT2D eigenvalue weighted by molar-refractivity contribution is 6.88. The fourth-order valence-corrected chi connectivity index (χ4v) is 6.59. The topological polar surface area (TPSA) is 35.5 Å². The van der Waals surface area contributed by atoms with E-state index >= 15 is 0 Å². The highest BCUT2D eigenvalue weighted by atomic mass is 28.3. The lowest BCUT2D eigenvalue weighted by molar-refractivity contribution is 0.0734. The molecule has 0 atom stereocenters. The Morgan fingerprint density at radius 1 is 0.730 bits per heavy atom. The normalized spacial score (nSPS) is 11.7. The maximum atomic E-state index is 12.6. The molecule has 3 aromatic rings. The first-order chi connectivity index (χ1) is 17.6. The van der Waals surface area contributed by atoms with E-state index in [0.717, 1.165) is 23.3 Å². The van der Waals surface area contributed by atoms with Crippen molar-refractivity contribution in [1.29, 1.82) is 0 Å². The van der Waals surface area contributed by atoms with E-state index in [1.807, 2.05) is 36.4 Å². The molecule has 0 bridgehead atoms. The van der Waals surface area contributed by atoms with Gasteiger partial charge >= 0.3 is 5.97 Å². The number of carbonyl (C=O) groups is 1. The summed E-state index contributed by atoms with van der Waals surface area (Å²) in [5.74, 6) is 0.943. The molecule has 3 rings (SSSR count). The summed E-state index contributed by atoms with van der Waals surface area (Å²) in [7, 11) is -2.47. The summed E-state index contributed by atoms with van der Waals surface area (Å²) in [5.41, 5.74) is 4.95. The Morgan fingerprint density at radius 3 is 1.84 bits per heavy atom. The zero-order chi connectivity index (χ0) is 26.9. The van der Waals surface area contributed by atoms with Crippen molar-refractivity contribution in [3.05, 3.63) is 90.6 Å². The van der Waals surface area contributed by atoms with Gasteiger partial charge in [-0.15, -0.1) is 12.3 Å². The molecule has 0 heterocycles. The second-order valence-corrected chi connectivity index (χ2v) is 21.4. The number of ether oxygens (including phenoxy) is 2. The first kappa shape index (κ1) is 28.7. The highest BCUT2D eigenvalue weighted by Gasteiger charge is 2.16. The molecule has 5 heteroatoms. The third-order valence-electron chi connectivity index (χ3n) is 6.78. The predicted molar refractivity (Wildman–Crippen MR) is 163 cm³/mol. The van der Waals surface area contributed by atoms with Crippen LogP contribution in [-0.4, -0.2) is 28.7 Å². The van der Waals surface area contributed by atoms with E-state index in [1.54, 1.807) is 12.1 Å². The first-order valence-corrected chi connectivity index (χ1v) is 20.2. The van der Waals surface area contributed by atoms with Gasteiger partial charge in [-0.2, -0.15) is 0 Å². The van der Waals surface area contributed by atoms with Crippen molar-refractivity contribution in [1.82, 2.24) is 0 Å². The van der Waals surface area contributed by atoms with Crippen LogP contribution in [0.25, 0.3) is 11.1 Å². The van der Waals surface area contributed by atoms with Crippen molar-refractivity contribution in [2.45, 2.75) is 64.5 Å². The molecular weight excluding hydrogens is 489 g/mol. The Balaban J connectivity index is 1.43. The fraction of sp³-hybridized carbons (Fsp3) is 0.344. The second-order valence-electron chi connectivity index (χ2n) is 11.5. The van der Waals surface area contributed by atoms with E-state index < -0.39 is 16.1 Å². The molecule has 37 heavy (non-hydrogen) atoms. The molecule has 0 radical (unpaired) electrons. The van der Waals surface area contributed by atoms with Crippen molar-refractivity contribution in [3.63, 3.8) is 0 Å². The Bertz CT molecular complexity index is 1140. The Hall–Kier alpha value is -2.90. The Labute approximate surface area is 225 Å². The van der Waals surface area contributed by atoms with E-state index in [2.05, 4.69) is 69.3 Å². The minimum Gasteiger partial charge on any atom is -0.494 e. The number of carbonyl (C=O) groups excluding carboxylic acids is 1. The number of hydrogen-bond donors (Lipinski definition) is 0. The average molecular weight is 531 g/mol. The molecule has 0 aromatic heterocycles. The van der Waals surface area contributed by atoms with Crippen molar-refractivity contribution >= 4 is 27.3 Å². The van der Waals surface area contributed by atoms with Gasteiger partial charge in [0.2, 0.25) is 0 Å². The number of rotatable bonds is 13. The molecule has 3 nitrogen and oxygen atoms in total. The standard InChI is InChI=1S/C32H42O3Si2/c1-7-37(5,6)25-11-9-8-10-24-34-29-18-14-28(15-19-29)32(33)35-30-20-12-26(13-21-30)27-16-22-31(23-17-27)36(2,3)4/h7,12-23H,1,8-11,24-25H2,2-6H3. The van der Waals surface area contributed by atoms with Crippen molar-refractivity contribution in [3.8, 4) is 22.6 Å². The van der Waals surface area contributed by atoms with Crippen LogP contribution in [0.15, 0.2) is 85.1 Å². The van der Waals surface area contributed by atoms with Gasteiger partial charge in [0, 0.05) is 0 Å². The van der Waals surface area contributed by atoms with Gasteiger partial charge in [-0.1, -0.05) is 99.6 Å². The average Bonchev–Trinajstić information content (AvgIpc) is 2.88. The Kier molecular flexibility index (Phi) is 10.1. The maximum Gasteiger partial charge on any atom is 0.343 e. The monoisotopic (exact) mass is 530 g/mol. The van der Waals surface area contributed by atoms with Crippen molar-refractivity contribution in [2.75, 3.05) is 6.61 Å². The molecule has 0 aliphatic rings. The lowest BCUT2D eigenvalue weighted by Crippen LogP contribution is -2.37. The van der Waals surface area contributed by atoms with Crippen LogP contribution in [0.3, 0.4) is 0 Å². The Morgan fingerprint density at radius 2 is 1.27 bits per heavy atom. The third-order valence-corrected chi connectivity index (χ3v) is 11.6. The molecule has 0 saturated carbocycles. The molecule has 0 aliphatic heterocycles. The lowest BCUT2D eigenvalue weighted by atomic mass is 10.1. The van der Waals surface area contributed by atoms with E-state index in [1.165, 1.54) is 30.5 Å². The van der Waals surface area contributed by atoms with Gasteiger partial charge in [-0.25, -0.2) is 4.79 Å². The van der Waals surface area contributed by atoms with Crippen LogP contribution >= 0.6 is 0 Å². The molecule has 0 N–H and O–H groups in total. The fourth-order valence-electron chi connectivity index (χ4n) is 4.06. The minimum absolute atomic E-state index is 0.371. The van der Waals surface area contributed by atoms with Crippen LogP contribution < -0.4 is 14.7 Å². The second kappa shape index (κ2) is 13.1. The minimum atomic E-state index is -1.31. The van der Waals surface area contributed by atoms with Gasteiger partial charge < -0.3 is 9.47 Å². The lowest BCUT2D eigenvalue weighted by Gasteiger charge is -2.16. The zero-order valence-corrected chi connectivity index (χ0v) is 25.2. The molecule has 3 aromatic carbocycles. The summed E-state index contributed by atoms with van der Waals surface area (Å²) >= 11 is 0. The molecule has 0 saturated heterocycles. The number of hydrogen-bond acceptors (Lipinski definition) is 3. The molecular formula is C32H42O3Si2. The van der Waals surface area contributed by atoms with Gasteiger partial charge in [-0.3, -0.25) is 0 Å². The van der Waals surface area contributed by atoms with Crippen LogP contribution in [-0.2, 0) is 0 Å². The first-order valence-electron chi connectivity index (χ1n) is 13.4. The summed E-state index contributed by atoms with van der Waals surface area (Å²) in [6.45, 7) is 16.4. The largest absolute Gasteiger partial charge is 0.494 e.